The smallest absolute Gasteiger partial charge is 0.305 e. The van der Waals surface area contributed by atoms with E-state index in [1.54, 1.807) is 43.3 Å². The number of aromatic nitrogens is 2. The van der Waals surface area contributed by atoms with E-state index in [9.17, 15) is 13.2 Å². The minimum Gasteiger partial charge on any atom is -0.305 e. The first-order chi connectivity index (χ1) is 10.4. The van der Waals surface area contributed by atoms with E-state index in [0.717, 1.165) is 0 Å². The Hall–Kier alpha value is -2.21. The summed E-state index contributed by atoms with van der Waals surface area (Å²) in [4.78, 5) is 10.1. The van der Waals surface area contributed by atoms with E-state index in [2.05, 4.69) is 9.97 Å². The fourth-order valence-electron chi connectivity index (χ4n) is 2.62. The van der Waals surface area contributed by atoms with Crippen LogP contribution in [0.5, 0.6) is 0 Å². The number of nitrogens with zero attached hydrogens (tertiary/aromatic N) is 3. The van der Waals surface area contributed by atoms with Gasteiger partial charge in [0.15, 0.2) is 0 Å². The molecule has 1 aromatic carbocycles. The third-order valence-corrected chi connectivity index (χ3v) is 3.46. The average molecular weight is 305 g/mol. The molecule has 0 atom stereocenters. The largest absolute Gasteiger partial charge is 0.417 e. The molecule has 3 nitrogen and oxygen atoms in total. The van der Waals surface area contributed by atoms with Gasteiger partial charge in [-0.3, -0.25) is 9.97 Å². The van der Waals surface area contributed by atoms with Crippen LogP contribution in [0.25, 0.3) is 21.8 Å². The molecule has 0 aliphatic carbocycles. The molecule has 0 bridgehead atoms. The fourth-order valence-corrected chi connectivity index (χ4v) is 2.62. The van der Waals surface area contributed by atoms with Gasteiger partial charge in [-0.2, -0.15) is 13.2 Å². The number of fused-ring (bicyclic) bond motifs is 3. The summed E-state index contributed by atoms with van der Waals surface area (Å²) in [7, 11) is 3.45. The second-order valence-corrected chi connectivity index (χ2v) is 5.43. The van der Waals surface area contributed by atoms with E-state index in [1.807, 2.05) is 0 Å². The first-order valence-electron chi connectivity index (χ1n) is 6.75. The highest BCUT2D eigenvalue weighted by molar-refractivity contribution is 6.04. The first-order valence-corrected chi connectivity index (χ1v) is 6.75. The normalized spacial score (nSPS) is 12.5. The Kier molecular flexibility index (Phi) is 3.48. The van der Waals surface area contributed by atoms with Crippen molar-refractivity contribution in [1.29, 1.82) is 0 Å². The van der Waals surface area contributed by atoms with Gasteiger partial charge >= 0.3 is 6.18 Å². The van der Waals surface area contributed by atoms with Gasteiger partial charge in [0.2, 0.25) is 0 Å². The molecular weight excluding hydrogens is 291 g/mol. The van der Waals surface area contributed by atoms with E-state index in [0.29, 0.717) is 16.4 Å². The lowest BCUT2D eigenvalue weighted by atomic mass is 10.0. The molecule has 0 aliphatic heterocycles. The first kappa shape index (κ1) is 14.7. The quantitative estimate of drug-likeness (QED) is 0.673. The summed E-state index contributed by atoms with van der Waals surface area (Å²) in [6, 6.07) is 7.07. The van der Waals surface area contributed by atoms with Gasteiger partial charge in [-0.25, -0.2) is 0 Å². The van der Waals surface area contributed by atoms with E-state index < -0.39 is 11.7 Å². The molecule has 0 fully saturated rings. The van der Waals surface area contributed by atoms with Gasteiger partial charge in [0.25, 0.3) is 0 Å². The van der Waals surface area contributed by atoms with Crippen LogP contribution in [0.1, 0.15) is 11.1 Å². The monoisotopic (exact) mass is 305 g/mol. The lowest BCUT2D eigenvalue weighted by Crippen LogP contribution is -2.17. The maximum atomic E-state index is 13.6. The van der Waals surface area contributed by atoms with Crippen LogP contribution in [0.3, 0.4) is 0 Å². The van der Waals surface area contributed by atoms with Crippen LogP contribution in [0.2, 0.25) is 0 Å². The lowest BCUT2D eigenvalue weighted by Gasteiger charge is -2.18. The van der Waals surface area contributed by atoms with Crippen LogP contribution in [0, 0.1) is 0 Å². The summed E-state index contributed by atoms with van der Waals surface area (Å²) in [6.07, 6.45) is -1.86. The summed E-state index contributed by atoms with van der Waals surface area (Å²) < 4.78 is 40.7. The molecule has 0 amide bonds. The molecule has 0 saturated carbocycles. The van der Waals surface area contributed by atoms with Crippen LogP contribution in [0.15, 0.2) is 36.7 Å². The maximum absolute atomic E-state index is 13.6. The molecule has 0 saturated heterocycles. The number of rotatable bonds is 2. The predicted molar refractivity (Wildman–Crippen MR) is 79.4 cm³/mol. The second kappa shape index (κ2) is 5.21. The molecule has 0 unspecified atom stereocenters. The zero-order valence-corrected chi connectivity index (χ0v) is 12.1. The van der Waals surface area contributed by atoms with Crippen molar-refractivity contribution in [3.63, 3.8) is 0 Å². The van der Waals surface area contributed by atoms with Gasteiger partial charge in [-0.1, -0.05) is 18.2 Å². The van der Waals surface area contributed by atoms with Crippen molar-refractivity contribution >= 4 is 21.8 Å². The van der Waals surface area contributed by atoms with Crippen molar-refractivity contribution in [2.75, 3.05) is 14.1 Å². The summed E-state index contributed by atoms with van der Waals surface area (Å²) in [6.45, 7) is 0.171. The van der Waals surface area contributed by atoms with Crippen LogP contribution in [-0.4, -0.2) is 29.0 Å². The highest BCUT2D eigenvalue weighted by Gasteiger charge is 2.36. The van der Waals surface area contributed by atoms with E-state index in [-0.39, 0.29) is 17.5 Å². The minimum absolute atomic E-state index is 0.0468. The molecule has 2 aromatic heterocycles. The zero-order valence-electron chi connectivity index (χ0n) is 12.1. The van der Waals surface area contributed by atoms with Crippen molar-refractivity contribution in [2.45, 2.75) is 12.7 Å². The summed E-state index contributed by atoms with van der Waals surface area (Å²) in [5.74, 6) is 0. The Balaban J connectivity index is 2.39. The van der Waals surface area contributed by atoms with Gasteiger partial charge in [-0.05, 0) is 25.7 Å². The Morgan fingerprint density at radius 1 is 1.00 bits per heavy atom. The molecule has 114 valence electrons. The Bertz CT molecular complexity index is 841. The van der Waals surface area contributed by atoms with E-state index in [4.69, 9.17) is 0 Å². The van der Waals surface area contributed by atoms with Gasteiger partial charge in [0.05, 0.1) is 16.6 Å². The molecule has 0 aliphatic rings. The number of hydrogen-bond acceptors (Lipinski definition) is 3. The van der Waals surface area contributed by atoms with Crippen LogP contribution in [0.4, 0.5) is 13.2 Å². The SMILES string of the molecule is CN(C)Cc1cnc2c(cnc3ccccc32)c1C(F)(F)F. The number of halogens is 3. The summed E-state index contributed by atoms with van der Waals surface area (Å²) in [5.41, 5.74) is 0.475. The number of pyridine rings is 2. The average Bonchev–Trinajstić information content (AvgIpc) is 2.44. The molecule has 3 aromatic rings. The summed E-state index contributed by atoms with van der Waals surface area (Å²) in [5, 5.41) is 0.674. The Morgan fingerprint density at radius 3 is 2.41 bits per heavy atom. The molecular formula is C16H14F3N3. The minimum atomic E-state index is -4.45. The van der Waals surface area contributed by atoms with Crippen LogP contribution < -0.4 is 0 Å². The van der Waals surface area contributed by atoms with Crippen LogP contribution in [-0.2, 0) is 12.7 Å². The molecule has 22 heavy (non-hydrogen) atoms. The predicted octanol–water partition coefficient (Wildman–Crippen LogP) is 3.86. The van der Waals surface area contributed by atoms with Gasteiger partial charge in [0.1, 0.15) is 0 Å². The van der Waals surface area contributed by atoms with E-state index in [1.165, 1.54) is 12.4 Å². The number of benzene rings is 1. The molecule has 2 heterocycles. The Morgan fingerprint density at radius 2 is 1.73 bits per heavy atom. The molecule has 0 radical (unpaired) electrons. The van der Waals surface area contributed by atoms with Gasteiger partial charge < -0.3 is 4.90 Å². The molecule has 0 spiro atoms. The second-order valence-electron chi connectivity index (χ2n) is 5.43. The topological polar surface area (TPSA) is 29.0 Å². The standard InChI is InChI=1S/C16H14F3N3/c1-22(2)9-10-7-21-15-11-5-3-4-6-13(11)20-8-12(15)14(10)16(17,18)19/h3-8H,9H2,1-2H3. The molecule has 3 rings (SSSR count). The third kappa shape index (κ3) is 2.50. The third-order valence-electron chi connectivity index (χ3n) is 3.46. The van der Waals surface area contributed by atoms with Gasteiger partial charge in [-0.15, -0.1) is 0 Å². The van der Waals surface area contributed by atoms with Crippen molar-refractivity contribution < 1.29 is 13.2 Å². The Labute approximate surface area is 125 Å². The van der Waals surface area contributed by atoms with Crippen molar-refractivity contribution in [3.05, 3.63) is 47.8 Å². The zero-order chi connectivity index (χ0) is 15.9. The van der Waals surface area contributed by atoms with Crippen molar-refractivity contribution in [3.8, 4) is 0 Å². The highest BCUT2D eigenvalue weighted by Crippen LogP contribution is 2.38. The fraction of sp³-hybridized carbons (Fsp3) is 0.250. The summed E-state index contributed by atoms with van der Waals surface area (Å²) >= 11 is 0. The lowest BCUT2D eigenvalue weighted by molar-refractivity contribution is -0.137. The number of alkyl halides is 3. The number of para-hydroxylation sites is 1. The van der Waals surface area contributed by atoms with Crippen LogP contribution >= 0.6 is 0 Å². The van der Waals surface area contributed by atoms with Crippen molar-refractivity contribution in [1.82, 2.24) is 14.9 Å². The van der Waals surface area contributed by atoms with Crippen molar-refractivity contribution in [2.24, 2.45) is 0 Å². The van der Waals surface area contributed by atoms with E-state index >= 15 is 0 Å². The molecule has 0 N–H and O–H groups in total. The maximum Gasteiger partial charge on any atom is 0.417 e. The van der Waals surface area contributed by atoms with Gasteiger partial charge in [0, 0.05) is 29.7 Å². The molecule has 6 heteroatoms. The number of hydrogen-bond donors (Lipinski definition) is 0. The highest BCUT2D eigenvalue weighted by atomic mass is 19.4.